The van der Waals surface area contributed by atoms with Gasteiger partial charge in [-0.2, -0.15) is 0 Å². The van der Waals surface area contributed by atoms with E-state index in [0.717, 1.165) is 16.8 Å². The molecule has 130 valence electrons. The second kappa shape index (κ2) is 7.25. The van der Waals surface area contributed by atoms with Gasteiger partial charge in [-0.05, 0) is 26.0 Å². The number of aromatic nitrogens is 3. The summed E-state index contributed by atoms with van der Waals surface area (Å²) in [7, 11) is 0. The highest BCUT2D eigenvalue weighted by Gasteiger charge is 2.25. The number of pyridine rings is 1. The number of nitrogens with zero attached hydrogens (tertiary/aromatic N) is 4. The minimum atomic E-state index is -0.455. The van der Waals surface area contributed by atoms with Gasteiger partial charge in [-0.15, -0.1) is 0 Å². The lowest BCUT2D eigenvalue weighted by molar-refractivity contribution is -0.122. The van der Waals surface area contributed by atoms with Gasteiger partial charge in [-0.25, -0.2) is 14.8 Å². The first kappa shape index (κ1) is 16.8. The zero-order valence-corrected chi connectivity index (χ0v) is 14.1. The molecule has 0 aliphatic carbocycles. The minimum absolute atomic E-state index is 0.0157. The van der Waals surface area contributed by atoms with Gasteiger partial charge in [0.2, 0.25) is 5.91 Å². The Labute approximate surface area is 145 Å². The third-order valence-corrected chi connectivity index (χ3v) is 3.98. The molecule has 0 aromatic carbocycles. The number of rotatable bonds is 5. The molecule has 3 rings (SSSR count). The van der Waals surface area contributed by atoms with Crippen LogP contribution in [0.1, 0.15) is 24.2 Å². The summed E-state index contributed by atoms with van der Waals surface area (Å²) in [5, 5.41) is 2.87. The van der Waals surface area contributed by atoms with Gasteiger partial charge in [-0.3, -0.25) is 14.7 Å². The molecule has 1 aliphatic heterocycles. The Morgan fingerprint density at radius 3 is 2.80 bits per heavy atom. The molecule has 25 heavy (non-hydrogen) atoms. The van der Waals surface area contributed by atoms with Crippen molar-refractivity contribution in [2.45, 2.75) is 19.9 Å². The number of cyclic esters (lactones) is 1. The van der Waals surface area contributed by atoms with Gasteiger partial charge < -0.3 is 10.1 Å². The van der Waals surface area contributed by atoms with E-state index < -0.39 is 6.09 Å². The van der Waals surface area contributed by atoms with E-state index in [2.05, 4.69) is 20.3 Å². The number of aryl methyl sites for hydroxylation is 1. The van der Waals surface area contributed by atoms with Crippen LogP contribution in [0.15, 0.2) is 30.7 Å². The van der Waals surface area contributed by atoms with E-state index in [4.69, 9.17) is 4.74 Å². The third-order valence-electron chi connectivity index (χ3n) is 3.98. The average Bonchev–Trinajstić information content (AvgIpc) is 3.00. The molecule has 2 aromatic heterocycles. The number of carbonyl (C=O) groups excluding carboxylic acids is 2. The lowest BCUT2D eigenvalue weighted by atomic mass is 10.1. The lowest BCUT2D eigenvalue weighted by Gasteiger charge is -2.18. The molecule has 1 N–H and O–H groups in total. The fourth-order valence-electron chi connectivity index (χ4n) is 2.65. The van der Waals surface area contributed by atoms with Gasteiger partial charge in [-0.1, -0.05) is 0 Å². The van der Waals surface area contributed by atoms with E-state index in [1.54, 1.807) is 18.6 Å². The Balaban J connectivity index is 1.66. The zero-order chi connectivity index (χ0) is 17.8. The fraction of sp³-hybridized carbons (Fsp3) is 0.353. The third kappa shape index (κ3) is 3.90. The van der Waals surface area contributed by atoms with Crippen molar-refractivity contribution in [2.24, 2.45) is 0 Å². The number of hydrogen-bond donors (Lipinski definition) is 1. The predicted molar refractivity (Wildman–Crippen MR) is 89.5 cm³/mol. The molecule has 8 heteroatoms. The molecule has 0 bridgehead atoms. The van der Waals surface area contributed by atoms with Crippen LogP contribution in [-0.2, 0) is 9.53 Å². The maximum atomic E-state index is 12.1. The zero-order valence-electron chi connectivity index (χ0n) is 14.1. The maximum absolute atomic E-state index is 12.1. The van der Waals surface area contributed by atoms with E-state index in [-0.39, 0.29) is 18.5 Å². The van der Waals surface area contributed by atoms with E-state index >= 15 is 0 Å². The topological polar surface area (TPSA) is 97.3 Å². The van der Waals surface area contributed by atoms with Crippen molar-refractivity contribution in [1.29, 1.82) is 0 Å². The van der Waals surface area contributed by atoms with Gasteiger partial charge in [0.05, 0.1) is 12.6 Å². The molecular weight excluding hydrogens is 322 g/mol. The van der Waals surface area contributed by atoms with Crippen LogP contribution >= 0.6 is 0 Å². The highest BCUT2D eigenvalue weighted by molar-refractivity contribution is 5.83. The van der Waals surface area contributed by atoms with Crippen LogP contribution in [-0.4, -0.2) is 51.5 Å². The van der Waals surface area contributed by atoms with Crippen LogP contribution in [0.25, 0.3) is 11.4 Å². The van der Waals surface area contributed by atoms with E-state index in [9.17, 15) is 9.59 Å². The summed E-state index contributed by atoms with van der Waals surface area (Å²) in [6, 6.07) is 3.42. The Morgan fingerprint density at radius 1 is 1.40 bits per heavy atom. The van der Waals surface area contributed by atoms with E-state index in [0.29, 0.717) is 19.0 Å². The summed E-state index contributed by atoms with van der Waals surface area (Å²) < 4.78 is 4.81. The van der Waals surface area contributed by atoms with Crippen LogP contribution in [0.4, 0.5) is 4.79 Å². The summed E-state index contributed by atoms with van der Waals surface area (Å²) in [6.45, 7) is 4.48. The summed E-state index contributed by atoms with van der Waals surface area (Å²) in [5.41, 5.74) is 2.50. The summed E-state index contributed by atoms with van der Waals surface area (Å²) >= 11 is 0. The maximum Gasteiger partial charge on any atom is 0.410 e. The van der Waals surface area contributed by atoms with Crippen LogP contribution in [0.2, 0.25) is 0 Å². The Bertz CT molecular complexity index is 781. The SMILES string of the molecule is Cc1nc(-c2ccncc2)ncc1[C@@H](C)NC(=O)CN1CCOC1=O. The quantitative estimate of drug-likeness (QED) is 0.884. The normalized spacial score (nSPS) is 15.0. The number of hydrogen-bond acceptors (Lipinski definition) is 6. The molecule has 8 nitrogen and oxygen atoms in total. The molecule has 2 aromatic rings. The summed E-state index contributed by atoms with van der Waals surface area (Å²) in [5.74, 6) is 0.367. The lowest BCUT2D eigenvalue weighted by Crippen LogP contribution is -2.38. The molecule has 0 spiro atoms. The number of ether oxygens (including phenoxy) is 1. The molecule has 1 fully saturated rings. The Hall–Kier alpha value is -3.03. The molecule has 0 saturated carbocycles. The van der Waals surface area contributed by atoms with Crippen molar-refractivity contribution in [2.75, 3.05) is 19.7 Å². The molecule has 1 atom stereocenters. The first-order valence-corrected chi connectivity index (χ1v) is 7.99. The van der Waals surface area contributed by atoms with E-state index in [1.807, 2.05) is 26.0 Å². The van der Waals surface area contributed by atoms with Gasteiger partial charge in [0, 0.05) is 35.4 Å². The van der Waals surface area contributed by atoms with Crippen LogP contribution in [0.3, 0.4) is 0 Å². The standard InChI is InChI=1S/C17H19N5O3/c1-11(20-15(23)10-22-7-8-25-17(22)24)14-9-19-16(21-12(14)2)13-3-5-18-6-4-13/h3-6,9,11H,7-8,10H2,1-2H3,(H,20,23)/t11-/m1/s1. The number of nitrogens with one attached hydrogen (secondary N) is 1. The fourth-order valence-corrected chi connectivity index (χ4v) is 2.65. The van der Waals surface area contributed by atoms with E-state index in [1.165, 1.54) is 4.90 Å². The molecule has 0 unspecified atom stereocenters. The molecular formula is C17H19N5O3. The van der Waals surface area contributed by atoms with Crippen molar-refractivity contribution in [3.8, 4) is 11.4 Å². The highest BCUT2D eigenvalue weighted by atomic mass is 16.6. The van der Waals surface area contributed by atoms with Crippen LogP contribution < -0.4 is 5.32 Å². The summed E-state index contributed by atoms with van der Waals surface area (Å²) in [4.78, 5) is 37.8. The number of carbonyl (C=O) groups is 2. The van der Waals surface area contributed by atoms with Crippen molar-refractivity contribution in [3.63, 3.8) is 0 Å². The van der Waals surface area contributed by atoms with Crippen LogP contribution in [0, 0.1) is 6.92 Å². The Kier molecular flexibility index (Phi) is 4.87. The number of amides is 2. The molecule has 1 saturated heterocycles. The van der Waals surface area contributed by atoms with Crippen molar-refractivity contribution < 1.29 is 14.3 Å². The first-order valence-electron chi connectivity index (χ1n) is 7.99. The average molecular weight is 341 g/mol. The van der Waals surface area contributed by atoms with Crippen molar-refractivity contribution >= 4 is 12.0 Å². The molecule has 3 heterocycles. The van der Waals surface area contributed by atoms with Crippen molar-refractivity contribution in [1.82, 2.24) is 25.2 Å². The molecule has 2 amide bonds. The molecule has 1 aliphatic rings. The largest absolute Gasteiger partial charge is 0.448 e. The summed E-state index contributed by atoms with van der Waals surface area (Å²) in [6.07, 6.45) is 4.64. The molecule has 0 radical (unpaired) electrons. The van der Waals surface area contributed by atoms with Crippen molar-refractivity contribution in [3.05, 3.63) is 42.0 Å². The smallest absolute Gasteiger partial charge is 0.410 e. The van der Waals surface area contributed by atoms with Gasteiger partial charge in [0.15, 0.2) is 5.82 Å². The predicted octanol–water partition coefficient (Wildman–Crippen LogP) is 1.48. The van der Waals surface area contributed by atoms with Gasteiger partial charge >= 0.3 is 6.09 Å². The highest BCUT2D eigenvalue weighted by Crippen LogP contribution is 2.19. The van der Waals surface area contributed by atoms with Gasteiger partial charge in [0.1, 0.15) is 13.2 Å². The van der Waals surface area contributed by atoms with Gasteiger partial charge in [0.25, 0.3) is 0 Å². The monoisotopic (exact) mass is 341 g/mol. The minimum Gasteiger partial charge on any atom is -0.448 e. The second-order valence-corrected chi connectivity index (χ2v) is 5.80. The second-order valence-electron chi connectivity index (χ2n) is 5.80. The Morgan fingerprint density at radius 2 is 2.16 bits per heavy atom. The first-order chi connectivity index (χ1) is 12.0. The van der Waals surface area contributed by atoms with Crippen LogP contribution in [0.5, 0.6) is 0 Å².